The van der Waals surface area contributed by atoms with Gasteiger partial charge >= 0.3 is 0 Å². The van der Waals surface area contributed by atoms with Crippen molar-refractivity contribution in [2.75, 3.05) is 20.2 Å². The van der Waals surface area contributed by atoms with Gasteiger partial charge in [-0.3, -0.25) is 4.79 Å². The van der Waals surface area contributed by atoms with Gasteiger partial charge in [0.25, 0.3) is 0 Å². The summed E-state index contributed by atoms with van der Waals surface area (Å²) in [6.45, 7) is 10.7. The SMILES string of the molecule is CCCN(CCC(C)(C)C)C(=O)Cn1c2ccccc2c2ccc(OC)cc21. The van der Waals surface area contributed by atoms with Crippen molar-refractivity contribution in [2.45, 2.75) is 47.1 Å². The van der Waals surface area contributed by atoms with Gasteiger partial charge in [-0.2, -0.15) is 0 Å². The average molecular weight is 381 g/mol. The summed E-state index contributed by atoms with van der Waals surface area (Å²) in [5.41, 5.74) is 2.35. The third-order valence-corrected chi connectivity index (χ3v) is 5.25. The number of carbonyl (C=O) groups is 1. The topological polar surface area (TPSA) is 34.5 Å². The van der Waals surface area contributed by atoms with Crippen LogP contribution in [0.3, 0.4) is 0 Å². The van der Waals surface area contributed by atoms with Crippen LogP contribution in [0.15, 0.2) is 42.5 Å². The van der Waals surface area contributed by atoms with E-state index in [0.29, 0.717) is 6.54 Å². The summed E-state index contributed by atoms with van der Waals surface area (Å²) in [4.78, 5) is 15.3. The molecule has 0 aliphatic rings. The van der Waals surface area contributed by atoms with Gasteiger partial charge in [-0.05, 0) is 36.5 Å². The molecule has 0 atom stereocenters. The van der Waals surface area contributed by atoms with E-state index in [1.165, 1.54) is 5.39 Å². The number of carbonyl (C=O) groups excluding carboxylic acids is 1. The first kappa shape index (κ1) is 20.2. The number of rotatable bonds is 7. The molecule has 28 heavy (non-hydrogen) atoms. The van der Waals surface area contributed by atoms with E-state index in [4.69, 9.17) is 4.74 Å². The van der Waals surface area contributed by atoms with Crippen molar-refractivity contribution in [1.29, 1.82) is 0 Å². The summed E-state index contributed by atoms with van der Waals surface area (Å²) in [5.74, 6) is 0.985. The molecule has 0 spiro atoms. The van der Waals surface area contributed by atoms with Crippen molar-refractivity contribution in [2.24, 2.45) is 5.41 Å². The van der Waals surface area contributed by atoms with Crippen LogP contribution in [0.2, 0.25) is 0 Å². The quantitative estimate of drug-likeness (QED) is 0.544. The Morgan fingerprint density at radius 1 is 1.04 bits per heavy atom. The molecule has 1 amide bonds. The number of para-hydroxylation sites is 1. The van der Waals surface area contributed by atoms with E-state index < -0.39 is 0 Å². The molecule has 1 aromatic heterocycles. The van der Waals surface area contributed by atoms with E-state index in [1.54, 1.807) is 7.11 Å². The van der Waals surface area contributed by atoms with Crippen molar-refractivity contribution in [3.63, 3.8) is 0 Å². The molecule has 150 valence electrons. The highest BCUT2D eigenvalue weighted by atomic mass is 16.5. The van der Waals surface area contributed by atoms with Gasteiger partial charge in [0, 0.05) is 35.4 Å². The first-order chi connectivity index (χ1) is 13.3. The van der Waals surface area contributed by atoms with Gasteiger partial charge in [0.2, 0.25) is 5.91 Å². The number of nitrogens with zero attached hydrogens (tertiary/aromatic N) is 2. The molecule has 4 nitrogen and oxygen atoms in total. The maximum atomic E-state index is 13.2. The summed E-state index contributed by atoms with van der Waals surface area (Å²) in [5, 5.41) is 2.32. The van der Waals surface area contributed by atoms with Crippen LogP contribution < -0.4 is 4.74 Å². The number of hydrogen-bond donors (Lipinski definition) is 0. The van der Waals surface area contributed by atoms with Crippen LogP contribution in [-0.2, 0) is 11.3 Å². The molecule has 0 aliphatic heterocycles. The zero-order chi connectivity index (χ0) is 20.3. The van der Waals surface area contributed by atoms with Crippen LogP contribution in [0.4, 0.5) is 0 Å². The van der Waals surface area contributed by atoms with E-state index >= 15 is 0 Å². The first-order valence-electron chi connectivity index (χ1n) is 10.2. The Bertz CT molecular complexity index is 966. The monoisotopic (exact) mass is 380 g/mol. The normalized spacial score (nSPS) is 11.9. The zero-order valence-electron chi connectivity index (χ0n) is 17.8. The minimum Gasteiger partial charge on any atom is -0.497 e. The lowest BCUT2D eigenvalue weighted by molar-refractivity contribution is -0.132. The van der Waals surface area contributed by atoms with Crippen LogP contribution in [0, 0.1) is 5.41 Å². The molecule has 0 N–H and O–H groups in total. The Morgan fingerprint density at radius 3 is 2.43 bits per heavy atom. The summed E-state index contributed by atoms with van der Waals surface area (Å²) >= 11 is 0. The van der Waals surface area contributed by atoms with Crippen LogP contribution in [0.5, 0.6) is 5.75 Å². The average Bonchev–Trinajstić information content (AvgIpc) is 2.97. The Labute approximate surface area is 168 Å². The van der Waals surface area contributed by atoms with Crippen molar-refractivity contribution >= 4 is 27.7 Å². The summed E-state index contributed by atoms with van der Waals surface area (Å²) < 4.78 is 7.57. The summed E-state index contributed by atoms with van der Waals surface area (Å²) in [7, 11) is 1.68. The highest BCUT2D eigenvalue weighted by molar-refractivity contribution is 6.09. The van der Waals surface area contributed by atoms with E-state index in [1.807, 2.05) is 29.2 Å². The molecular weight excluding hydrogens is 348 g/mol. The lowest BCUT2D eigenvalue weighted by atomic mass is 9.92. The number of methoxy groups -OCH3 is 1. The van der Waals surface area contributed by atoms with E-state index in [-0.39, 0.29) is 11.3 Å². The van der Waals surface area contributed by atoms with E-state index in [2.05, 4.69) is 50.5 Å². The van der Waals surface area contributed by atoms with Gasteiger partial charge in [-0.15, -0.1) is 0 Å². The van der Waals surface area contributed by atoms with Gasteiger partial charge in [-0.25, -0.2) is 0 Å². The molecule has 3 rings (SSSR count). The molecular formula is C24H32N2O2. The summed E-state index contributed by atoms with van der Waals surface area (Å²) in [6.07, 6.45) is 1.97. The van der Waals surface area contributed by atoms with Gasteiger partial charge in [0.15, 0.2) is 0 Å². The molecule has 0 unspecified atom stereocenters. The number of amides is 1. The minimum absolute atomic E-state index is 0.177. The fourth-order valence-corrected chi connectivity index (χ4v) is 3.66. The molecule has 0 saturated heterocycles. The predicted molar refractivity (Wildman–Crippen MR) is 117 cm³/mol. The standard InChI is InChI=1S/C24H32N2O2/c1-6-14-25(15-13-24(2,3)4)23(27)17-26-21-10-8-7-9-19(21)20-12-11-18(28-5)16-22(20)26/h7-12,16H,6,13-15,17H2,1-5H3. The summed E-state index contributed by atoms with van der Waals surface area (Å²) in [6, 6.07) is 14.4. The molecule has 0 bridgehead atoms. The number of benzene rings is 2. The van der Waals surface area contributed by atoms with Crippen LogP contribution >= 0.6 is 0 Å². The lowest BCUT2D eigenvalue weighted by Gasteiger charge is -2.27. The zero-order valence-corrected chi connectivity index (χ0v) is 17.8. The number of hydrogen-bond acceptors (Lipinski definition) is 2. The third-order valence-electron chi connectivity index (χ3n) is 5.25. The maximum Gasteiger partial charge on any atom is 0.242 e. The number of fused-ring (bicyclic) bond motifs is 3. The van der Waals surface area contributed by atoms with Crippen molar-refractivity contribution in [1.82, 2.24) is 9.47 Å². The molecule has 0 aliphatic carbocycles. The van der Waals surface area contributed by atoms with Crippen LogP contribution in [0.25, 0.3) is 21.8 Å². The maximum absolute atomic E-state index is 13.2. The number of ether oxygens (including phenoxy) is 1. The predicted octanol–water partition coefficient (Wildman–Crippen LogP) is 5.48. The van der Waals surface area contributed by atoms with Gasteiger partial charge in [-0.1, -0.05) is 45.9 Å². The number of aromatic nitrogens is 1. The lowest BCUT2D eigenvalue weighted by Crippen LogP contribution is -2.36. The smallest absolute Gasteiger partial charge is 0.242 e. The molecule has 4 heteroatoms. The van der Waals surface area contributed by atoms with Crippen molar-refractivity contribution in [3.05, 3.63) is 42.5 Å². The fraction of sp³-hybridized carbons (Fsp3) is 0.458. The second kappa shape index (κ2) is 8.26. The second-order valence-electron chi connectivity index (χ2n) is 8.68. The Morgan fingerprint density at radius 2 is 1.75 bits per heavy atom. The van der Waals surface area contributed by atoms with Gasteiger partial charge in [0.05, 0.1) is 12.6 Å². The molecule has 0 fully saturated rings. The second-order valence-corrected chi connectivity index (χ2v) is 8.68. The van der Waals surface area contributed by atoms with E-state index in [0.717, 1.165) is 48.1 Å². The third kappa shape index (κ3) is 4.32. The highest BCUT2D eigenvalue weighted by Crippen LogP contribution is 2.31. The Hall–Kier alpha value is -2.49. The largest absolute Gasteiger partial charge is 0.497 e. The van der Waals surface area contributed by atoms with Crippen molar-refractivity contribution < 1.29 is 9.53 Å². The molecule has 3 aromatic rings. The molecule has 0 radical (unpaired) electrons. The molecule has 2 aromatic carbocycles. The van der Waals surface area contributed by atoms with Gasteiger partial charge in [0.1, 0.15) is 12.3 Å². The Kier molecular flexibility index (Phi) is 5.97. The highest BCUT2D eigenvalue weighted by Gasteiger charge is 2.20. The molecule has 1 heterocycles. The first-order valence-corrected chi connectivity index (χ1v) is 10.2. The van der Waals surface area contributed by atoms with E-state index in [9.17, 15) is 4.79 Å². The fourth-order valence-electron chi connectivity index (χ4n) is 3.66. The Balaban J connectivity index is 1.97. The van der Waals surface area contributed by atoms with Crippen molar-refractivity contribution in [3.8, 4) is 5.75 Å². The minimum atomic E-state index is 0.177. The molecule has 0 saturated carbocycles. The van der Waals surface area contributed by atoms with Crippen LogP contribution in [-0.4, -0.2) is 35.6 Å². The van der Waals surface area contributed by atoms with Crippen LogP contribution in [0.1, 0.15) is 40.5 Å². The van der Waals surface area contributed by atoms with Gasteiger partial charge < -0.3 is 14.2 Å².